The third-order valence-electron chi connectivity index (χ3n) is 5.26. The van der Waals surface area contributed by atoms with Gasteiger partial charge in [0.05, 0.1) is 23.1 Å². The number of carbonyl (C=O) groups excluding carboxylic acids is 1. The fourth-order valence-corrected chi connectivity index (χ4v) is 5.38. The number of thiazole rings is 1. The molecule has 0 aliphatic rings. The molecule has 0 bridgehead atoms. The highest BCUT2D eigenvalue weighted by atomic mass is 32.1. The molecule has 1 aromatic carbocycles. The number of hydrogen-bond donors (Lipinski definition) is 1. The number of aryl methyl sites for hydroxylation is 1. The first-order valence-electron chi connectivity index (χ1n) is 9.88. The lowest BCUT2D eigenvalue weighted by Gasteiger charge is -2.08. The van der Waals surface area contributed by atoms with Crippen molar-refractivity contribution in [2.45, 2.75) is 12.6 Å². The molecular formula is C22H16F4N4O3S2. The maximum Gasteiger partial charge on any atom is 0.419 e. The number of halogens is 4. The largest absolute Gasteiger partial charge is 0.419 e. The molecule has 3 heterocycles. The molecule has 182 valence electrons. The van der Waals surface area contributed by atoms with Crippen molar-refractivity contribution in [3.8, 4) is 11.3 Å². The summed E-state index contributed by atoms with van der Waals surface area (Å²) in [4.78, 5) is 42.9. The highest BCUT2D eigenvalue weighted by molar-refractivity contribution is 7.19. The number of amides is 1. The van der Waals surface area contributed by atoms with Crippen molar-refractivity contribution in [2.24, 2.45) is 14.1 Å². The molecule has 0 fully saturated rings. The molecule has 3 aromatic heterocycles. The molecule has 7 nitrogen and oxygen atoms in total. The van der Waals surface area contributed by atoms with E-state index in [9.17, 15) is 31.9 Å². The molecule has 0 atom stereocenters. The molecule has 0 saturated heterocycles. The minimum atomic E-state index is -4.81. The van der Waals surface area contributed by atoms with Crippen LogP contribution in [-0.2, 0) is 31.5 Å². The van der Waals surface area contributed by atoms with Crippen LogP contribution in [0.2, 0.25) is 0 Å². The molecule has 0 radical (unpaired) electrons. The molecule has 0 aliphatic heterocycles. The van der Waals surface area contributed by atoms with Gasteiger partial charge in [-0.25, -0.2) is 14.2 Å². The van der Waals surface area contributed by atoms with Crippen molar-refractivity contribution >= 4 is 50.0 Å². The zero-order chi connectivity index (χ0) is 25.7. The third-order valence-corrected chi connectivity index (χ3v) is 7.32. The quantitative estimate of drug-likeness (QED) is 0.392. The van der Waals surface area contributed by atoms with E-state index in [0.29, 0.717) is 21.3 Å². The molecule has 0 aliphatic carbocycles. The summed E-state index contributed by atoms with van der Waals surface area (Å²) in [6, 6.07) is 2.46. The van der Waals surface area contributed by atoms with Gasteiger partial charge < -0.3 is 5.32 Å². The monoisotopic (exact) mass is 524 g/mol. The van der Waals surface area contributed by atoms with Gasteiger partial charge in [-0.05, 0) is 17.7 Å². The van der Waals surface area contributed by atoms with E-state index in [1.165, 1.54) is 30.1 Å². The minimum absolute atomic E-state index is 0.120. The zero-order valence-corrected chi connectivity index (χ0v) is 19.8. The third kappa shape index (κ3) is 4.44. The SMILES string of the molecule is C=Cc1sc2c(c1CC(=O)Nc1nc(-c3ccc(C(F)(F)F)c(F)c3)cs1)c(=O)n(C)c(=O)n2C. The van der Waals surface area contributed by atoms with Crippen LogP contribution in [0.3, 0.4) is 0 Å². The van der Waals surface area contributed by atoms with Crippen molar-refractivity contribution in [2.75, 3.05) is 5.32 Å². The van der Waals surface area contributed by atoms with Crippen molar-refractivity contribution in [3.63, 3.8) is 0 Å². The van der Waals surface area contributed by atoms with Crippen LogP contribution in [0.5, 0.6) is 0 Å². The van der Waals surface area contributed by atoms with E-state index in [1.807, 2.05) is 0 Å². The Kier molecular flexibility index (Phi) is 6.23. The Morgan fingerprint density at radius 2 is 1.94 bits per heavy atom. The molecule has 13 heteroatoms. The lowest BCUT2D eigenvalue weighted by molar-refractivity contribution is -0.140. The van der Waals surface area contributed by atoms with Gasteiger partial charge >= 0.3 is 11.9 Å². The maximum absolute atomic E-state index is 13.9. The molecule has 1 amide bonds. The summed E-state index contributed by atoms with van der Waals surface area (Å²) in [5.74, 6) is -1.94. The number of rotatable bonds is 5. The van der Waals surface area contributed by atoms with Crippen molar-refractivity contribution in [3.05, 3.63) is 72.8 Å². The van der Waals surface area contributed by atoms with Crippen LogP contribution in [0.1, 0.15) is 16.0 Å². The smallest absolute Gasteiger partial charge is 0.302 e. The van der Waals surface area contributed by atoms with Gasteiger partial charge in [0.1, 0.15) is 10.6 Å². The molecule has 35 heavy (non-hydrogen) atoms. The average Bonchev–Trinajstić information content (AvgIpc) is 3.40. The predicted molar refractivity (Wildman–Crippen MR) is 127 cm³/mol. The fourth-order valence-electron chi connectivity index (χ4n) is 3.52. The highest BCUT2D eigenvalue weighted by Crippen LogP contribution is 2.34. The summed E-state index contributed by atoms with van der Waals surface area (Å²) in [7, 11) is 2.87. The van der Waals surface area contributed by atoms with Gasteiger partial charge in [0, 0.05) is 29.9 Å². The van der Waals surface area contributed by atoms with Gasteiger partial charge in [0.15, 0.2) is 5.13 Å². The van der Waals surface area contributed by atoms with Gasteiger partial charge in [0.25, 0.3) is 5.56 Å². The summed E-state index contributed by atoms with van der Waals surface area (Å²) >= 11 is 2.17. The number of fused-ring (bicyclic) bond motifs is 1. The van der Waals surface area contributed by atoms with E-state index in [4.69, 9.17) is 0 Å². The summed E-state index contributed by atoms with van der Waals surface area (Å²) in [5.41, 5.74) is -1.68. The number of nitrogens with zero attached hydrogens (tertiary/aromatic N) is 3. The molecule has 0 unspecified atom stereocenters. The van der Waals surface area contributed by atoms with Crippen molar-refractivity contribution in [1.29, 1.82) is 0 Å². The first-order chi connectivity index (χ1) is 16.4. The average molecular weight is 525 g/mol. The van der Waals surface area contributed by atoms with E-state index in [2.05, 4.69) is 16.9 Å². The predicted octanol–water partition coefficient (Wildman–Crippen LogP) is 4.40. The highest BCUT2D eigenvalue weighted by Gasteiger charge is 2.34. The Hall–Kier alpha value is -3.58. The van der Waals surface area contributed by atoms with Crippen LogP contribution in [0.25, 0.3) is 27.6 Å². The Balaban J connectivity index is 1.60. The zero-order valence-electron chi connectivity index (χ0n) is 18.2. The van der Waals surface area contributed by atoms with Crippen LogP contribution in [0.15, 0.2) is 39.7 Å². The van der Waals surface area contributed by atoms with Crippen LogP contribution in [-0.4, -0.2) is 20.0 Å². The maximum atomic E-state index is 13.9. The Labute approximate surface area is 202 Å². The van der Waals surface area contributed by atoms with Crippen LogP contribution in [0, 0.1) is 5.82 Å². The van der Waals surface area contributed by atoms with Crippen molar-refractivity contribution in [1.82, 2.24) is 14.1 Å². The second kappa shape index (κ2) is 8.89. The van der Waals surface area contributed by atoms with Gasteiger partial charge in [-0.2, -0.15) is 13.2 Å². The van der Waals surface area contributed by atoms with Gasteiger partial charge in [-0.3, -0.25) is 18.7 Å². The Bertz CT molecular complexity index is 1610. The van der Waals surface area contributed by atoms with E-state index >= 15 is 0 Å². The number of hydrogen-bond acceptors (Lipinski definition) is 6. The number of anilines is 1. The second-order valence-corrected chi connectivity index (χ2v) is 9.38. The van der Waals surface area contributed by atoms with Crippen LogP contribution < -0.4 is 16.6 Å². The minimum Gasteiger partial charge on any atom is -0.302 e. The van der Waals surface area contributed by atoms with Crippen LogP contribution in [0.4, 0.5) is 22.7 Å². The lowest BCUT2D eigenvalue weighted by atomic mass is 10.1. The van der Waals surface area contributed by atoms with E-state index in [-0.39, 0.29) is 28.2 Å². The Morgan fingerprint density at radius 3 is 2.57 bits per heavy atom. The second-order valence-electron chi connectivity index (χ2n) is 7.49. The normalized spacial score (nSPS) is 11.7. The molecule has 0 saturated carbocycles. The van der Waals surface area contributed by atoms with E-state index in [0.717, 1.165) is 39.4 Å². The van der Waals surface area contributed by atoms with E-state index < -0.39 is 34.7 Å². The topological polar surface area (TPSA) is 86.0 Å². The van der Waals surface area contributed by atoms with Crippen molar-refractivity contribution < 1.29 is 22.4 Å². The molecular weight excluding hydrogens is 508 g/mol. The number of carbonyl (C=O) groups is 1. The lowest BCUT2D eigenvalue weighted by Crippen LogP contribution is -2.36. The first-order valence-corrected chi connectivity index (χ1v) is 11.6. The summed E-state index contributed by atoms with van der Waals surface area (Å²) in [6.07, 6.45) is -3.52. The Morgan fingerprint density at radius 1 is 1.23 bits per heavy atom. The summed E-state index contributed by atoms with van der Waals surface area (Å²) in [5, 5.41) is 4.44. The van der Waals surface area contributed by atoms with Gasteiger partial charge in [-0.1, -0.05) is 18.7 Å². The molecule has 1 N–H and O–H groups in total. The standard InChI is InChI=1S/C22H16F4N4O3S2/c1-4-15-11(17-18(32)29(2)21(33)30(3)19(17)35-15)8-16(31)28-20-27-14(9-34-20)10-5-6-12(13(23)7-10)22(24,25)26/h4-7,9H,1,8H2,2-3H3,(H,27,28,31). The number of thiophene rings is 1. The van der Waals surface area contributed by atoms with Crippen LogP contribution >= 0.6 is 22.7 Å². The number of alkyl halides is 3. The van der Waals surface area contributed by atoms with Gasteiger partial charge in [0.2, 0.25) is 5.91 Å². The number of benzene rings is 1. The molecule has 4 aromatic rings. The van der Waals surface area contributed by atoms with Gasteiger partial charge in [-0.15, -0.1) is 22.7 Å². The molecule has 0 spiro atoms. The summed E-state index contributed by atoms with van der Waals surface area (Å²) < 4.78 is 54.5. The fraction of sp³-hybridized carbons (Fsp3) is 0.182. The first kappa shape index (κ1) is 24.5. The van der Waals surface area contributed by atoms with E-state index in [1.54, 1.807) is 0 Å². The number of aromatic nitrogens is 3. The summed E-state index contributed by atoms with van der Waals surface area (Å²) in [6.45, 7) is 3.72. The number of nitrogens with one attached hydrogen (secondary N) is 1. The molecule has 4 rings (SSSR count).